The lowest BCUT2D eigenvalue weighted by Crippen LogP contribution is -2.12. The molecule has 6 heteroatoms. The van der Waals surface area contributed by atoms with Crippen molar-refractivity contribution in [3.63, 3.8) is 0 Å². The van der Waals surface area contributed by atoms with Gasteiger partial charge in [-0.1, -0.05) is 0 Å². The summed E-state index contributed by atoms with van der Waals surface area (Å²) in [4.78, 5) is 16.9. The molecule has 0 aliphatic heterocycles. The zero-order chi connectivity index (χ0) is 12.4. The maximum Gasteiger partial charge on any atom is 0.269 e. The lowest BCUT2D eigenvalue weighted by atomic mass is 10.3. The summed E-state index contributed by atoms with van der Waals surface area (Å²) in [5, 5.41) is 7.15. The number of aromatic nitrogens is 2. The van der Waals surface area contributed by atoms with Crippen molar-refractivity contribution >= 4 is 33.7 Å². The van der Waals surface area contributed by atoms with Gasteiger partial charge in [0.2, 0.25) is 0 Å². The Labute approximate surface area is 112 Å². The molecule has 4 nitrogen and oxygen atoms in total. The van der Waals surface area contributed by atoms with Crippen LogP contribution in [0.1, 0.15) is 9.67 Å². The fourth-order valence-electron chi connectivity index (χ4n) is 1.61. The van der Waals surface area contributed by atoms with Gasteiger partial charge in [0.25, 0.3) is 5.91 Å². The highest BCUT2D eigenvalue weighted by molar-refractivity contribution is 7.14. The molecule has 0 radical (unpaired) electrons. The Morgan fingerprint density at radius 1 is 1.22 bits per heavy atom. The van der Waals surface area contributed by atoms with Crippen LogP contribution in [-0.4, -0.2) is 15.5 Å². The monoisotopic (exact) mass is 275 g/mol. The van der Waals surface area contributed by atoms with Gasteiger partial charge in [-0.25, -0.2) is 4.98 Å². The Morgan fingerprint density at radius 3 is 2.78 bits per heavy atom. The highest BCUT2D eigenvalue weighted by Gasteiger charge is 2.15. The molecule has 90 valence electrons. The highest BCUT2D eigenvalue weighted by atomic mass is 32.1. The van der Waals surface area contributed by atoms with Gasteiger partial charge in [0.05, 0.1) is 5.69 Å². The topological polar surface area (TPSA) is 46.9 Å². The van der Waals surface area contributed by atoms with E-state index >= 15 is 0 Å². The molecule has 0 aliphatic carbocycles. The van der Waals surface area contributed by atoms with Crippen LogP contribution in [-0.2, 0) is 0 Å². The average molecular weight is 275 g/mol. The van der Waals surface area contributed by atoms with Crippen LogP contribution in [0.25, 0.3) is 5.69 Å². The molecule has 0 spiro atoms. The van der Waals surface area contributed by atoms with E-state index in [4.69, 9.17) is 0 Å². The Balaban J connectivity index is 1.89. The maximum absolute atomic E-state index is 12.1. The van der Waals surface area contributed by atoms with Crippen molar-refractivity contribution in [3.05, 3.63) is 52.4 Å². The summed E-state index contributed by atoms with van der Waals surface area (Å²) in [7, 11) is 0. The van der Waals surface area contributed by atoms with Crippen molar-refractivity contribution in [2.75, 3.05) is 5.32 Å². The summed E-state index contributed by atoms with van der Waals surface area (Å²) in [6.45, 7) is 0. The molecule has 3 rings (SSSR count). The van der Waals surface area contributed by atoms with Crippen LogP contribution in [0.3, 0.4) is 0 Å². The normalized spacial score (nSPS) is 10.4. The number of thiophene rings is 1. The van der Waals surface area contributed by atoms with Crippen LogP contribution in [0.15, 0.2) is 47.5 Å². The number of rotatable bonds is 3. The van der Waals surface area contributed by atoms with Gasteiger partial charge in [-0.05, 0) is 23.6 Å². The van der Waals surface area contributed by atoms with Crippen molar-refractivity contribution in [3.8, 4) is 5.69 Å². The van der Waals surface area contributed by atoms with E-state index in [9.17, 15) is 4.79 Å². The lowest BCUT2D eigenvalue weighted by molar-refractivity contribution is 0.103. The second-order valence-electron chi connectivity index (χ2n) is 3.52. The molecule has 3 heterocycles. The van der Waals surface area contributed by atoms with Gasteiger partial charge in [-0.3, -0.25) is 10.1 Å². The molecular weight excluding hydrogens is 266 g/mol. The van der Waals surface area contributed by atoms with Gasteiger partial charge in [0.1, 0.15) is 4.88 Å². The van der Waals surface area contributed by atoms with Crippen molar-refractivity contribution in [1.29, 1.82) is 0 Å². The number of nitrogens with zero attached hydrogens (tertiary/aromatic N) is 2. The summed E-state index contributed by atoms with van der Waals surface area (Å²) < 4.78 is 1.92. The zero-order valence-corrected chi connectivity index (χ0v) is 10.9. The molecule has 0 saturated carbocycles. The predicted octanol–water partition coefficient (Wildman–Crippen LogP) is 3.25. The Kier molecular flexibility index (Phi) is 2.95. The summed E-state index contributed by atoms with van der Waals surface area (Å²) in [6, 6.07) is 5.79. The minimum Gasteiger partial charge on any atom is -0.322 e. The molecule has 0 aromatic carbocycles. The van der Waals surface area contributed by atoms with Crippen LogP contribution in [0.2, 0.25) is 0 Å². The molecule has 0 fully saturated rings. The van der Waals surface area contributed by atoms with Crippen LogP contribution in [0.5, 0.6) is 0 Å². The lowest BCUT2D eigenvalue weighted by Gasteiger charge is -2.04. The van der Waals surface area contributed by atoms with Crippen molar-refractivity contribution in [1.82, 2.24) is 9.55 Å². The standard InChI is InChI=1S/C12H9N3OS2/c16-11(14-12-13-4-8-18-12)10-9(3-7-17-10)15-5-1-2-6-15/h1-8H,(H,13,14,16). The highest BCUT2D eigenvalue weighted by Crippen LogP contribution is 2.23. The minimum absolute atomic E-state index is 0.122. The van der Waals surface area contributed by atoms with E-state index in [1.54, 1.807) is 6.20 Å². The van der Waals surface area contributed by atoms with Gasteiger partial charge in [0.15, 0.2) is 5.13 Å². The Hall–Kier alpha value is -1.92. The van der Waals surface area contributed by atoms with Gasteiger partial charge in [-0.15, -0.1) is 22.7 Å². The fraction of sp³-hybridized carbons (Fsp3) is 0. The van der Waals surface area contributed by atoms with Crippen LogP contribution < -0.4 is 5.32 Å². The van der Waals surface area contributed by atoms with E-state index < -0.39 is 0 Å². The molecule has 1 amide bonds. The summed E-state index contributed by atoms with van der Waals surface area (Å²) in [5.41, 5.74) is 0.888. The fourth-order valence-corrected chi connectivity index (χ4v) is 2.92. The first-order chi connectivity index (χ1) is 8.84. The largest absolute Gasteiger partial charge is 0.322 e. The zero-order valence-electron chi connectivity index (χ0n) is 9.24. The third kappa shape index (κ3) is 2.07. The van der Waals surface area contributed by atoms with Crippen LogP contribution >= 0.6 is 22.7 Å². The molecule has 0 bridgehead atoms. The predicted molar refractivity (Wildman–Crippen MR) is 73.7 cm³/mol. The molecule has 0 aliphatic rings. The molecule has 0 unspecified atom stereocenters. The van der Waals surface area contributed by atoms with Gasteiger partial charge < -0.3 is 4.57 Å². The Morgan fingerprint density at radius 2 is 2.06 bits per heavy atom. The number of anilines is 1. The second kappa shape index (κ2) is 4.75. The van der Waals surface area contributed by atoms with E-state index in [2.05, 4.69) is 10.3 Å². The summed E-state index contributed by atoms with van der Waals surface area (Å²) >= 11 is 2.83. The maximum atomic E-state index is 12.1. The van der Waals surface area contributed by atoms with Gasteiger partial charge >= 0.3 is 0 Å². The average Bonchev–Trinajstić information content (AvgIpc) is 3.11. The summed E-state index contributed by atoms with van der Waals surface area (Å²) in [6.07, 6.45) is 5.51. The number of carbonyl (C=O) groups is 1. The third-order valence-corrected chi connectivity index (χ3v) is 3.98. The smallest absolute Gasteiger partial charge is 0.269 e. The molecule has 18 heavy (non-hydrogen) atoms. The molecule has 3 aromatic heterocycles. The van der Waals surface area contributed by atoms with Gasteiger partial charge in [0, 0.05) is 24.0 Å². The quantitative estimate of drug-likeness (QED) is 0.797. The van der Waals surface area contributed by atoms with E-state index in [1.807, 2.05) is 45.9 Å². The number of amides is 1. The second-order valence-corrected chi connectivity index (χ2v) is 5.33. The number of thiazole rings is 1. The first-order valence-corrected chi connectivity index (χ1v) is 7.02. The van der Waals surface area contributed by atoms with E-state index in [1.165, 1.54) is 22.7 Å². The number of hydrogen-bond donors (Lipinski definition) is 1. The Bertz CT molecular complexity index is 641. The van der Waals surface area contributed by atoms with Crippen molar-refractivity contribution < 1.29 is 4.79 Å². The first kappa shape index (κ1) is 11.2. The molecule has 0 atom stereocenters. The number of carbonyl (C=O) groups excluding carboxylic acids is 1. The van der Waals surface area contributed by atoms with E-state index in [-0.39, 0.29) is 5.91 Å². The SMILES string of the molecule is O=C(Nc1nccs1)c1sccc1-n1cccc1. The van der Waals surface area contributed by atoms with Crippen molar-refractivity contribution in [2.24, 2.45) is 0 Å². The van der Waals surface area contributed by atoms with E-state index in [0.29, 0.717) is 10.0 Å². The van der Waals surface area contributed by atoms with Crippen LogP contribution in [0, 0.1) is 0 Å². The number of nitrogens with one attached hydrogen (secondary N) is 1. The molecular formula is C12H9N3OS2. The van der Waals surface area contributed by atoms with Crippen molar-refractivity contribution in [2.45, 2.75) is 0 Å². The molecule has 0 saturated heterocycles. The minimum atomic E-state index is -0.122. The first-order valence-electron chi connectivity index (χ1n) is 5.26. The number of hydrogen-bond acceptors (Lipinski definition) is 4. The molecule has 1 N–H and O–H groups in total. The van der Waals surface area contributed by atoms with E-state index in [0.717, 1.165) is 5.69 Å². The van der Waals surface area contributed by atoms with Crippen LogP contribution in [0.4, 0.5) is 5.13 Å². The van der Waals surface area contributed by atoms with Gasteiger partial charge in [-0.2, -0.15) is 0 Å². The third-order valence-electron chi connectivity index (χ3n) is 2.39. The molecule has 3 aromatic rings. The summed E-state index contributed by atoms with van der Waals surface area (Å²) in [5.74, 6) is -0.122.